The molecule has 0 saturated heterocycles. The third-order valence-corrected chi connectivity index (χ3v) is 9.11. The standard InChI is InChI=1S/C34H30F2N6O3S/c1-5-29(44)41-15-18(2)42-23(16-41)13-26(39-42)33-31(30-25(36)11-22(35)12-28(30)45-17-19(3)43)34-24(8-9-46-34)32(38-33)20-6-7-27-21(10-20)14-37-40(27)4/h5-14,18-19,43H,1,15-17H2,2-4H3/t18-,19+/m0/s1. The van der Waals surface area contributed by atoms with Gasteiger partial charge in [-0.15, -0.1) is 11.3 Å². The van der Waals surface area contributed by atoms with E-state index in [4.69, 9.17) is 14.8 Å². The average molecular weight is 641 g/mol. The highest BCUT2D eigenvalue weighted by Gasteiger charge is 2.30. The Balaban J connectivity index is 1.51. The summed E-state index contributed by atoms with van der Waals surface area (Å²) in [5.74, 6) is -1.87. The molecule has 0 fully saturated rings. The molecule has 9 nitrogen and oxygen atoms in total. The van der Waals surface area contributed by atoms with E-state index in [-0.39, 0.29) is 29.9 Å². The van der Waals surface area contributed by atoms with Crippen molar-refractivity contribution in [2.75, 3.05) is 13.2 Å². The highest BCUT2D eigenvalue weighted by Crippen LogP contribution is 2.47. The first-order chi connectivity index (χ1) is 22.1. The molecule has 0 spiro atoms. The zero-order valence-electron chi connectivity index (χ0n) is 25.4. The van der Waals surface area contributed by atoms with Gasteiger partial charge in [0.25, 0.3) is 0 Å². The molecule has 0 saturated carbocycles. The number of benzene rings is 2. The maximum absolute atomic E-state index is 16.0. The number of hydrogen-bond acceptors (Lipinski definition) is 7. The van der Waals surface area contributed by atoms with E-state index in [0.717, 1.165) is 39.7 Å². The number of thiophene rings is 1. The van der Waals surface area contributed by atoms with Crippen LogP contribution in [0.1, 0.15) is 25.6 Å². The number of fused-ring (bicyclic) bond motifs is 3. The third kappa shape index (κ3) is 5.03. The van der Waals surface area contributed by atoms with Gasteiger partial charge in [0.1, 0.15) is 35.4 Å². The van der Waals surface area contributed by atoms with Gasteiger partial charge < -0.3 is 14.7 Å². The summed E-state index contributed by atoms with van der Waals surface area (Å²) < 4.78 is 40.8. The molecule has 12 heteroatoms. The van der Waals surface area contributed by atoms with Gasteiger partial charge >= 0.3 is 0 Å². The minimum absolute atomic E-state index is 0.0220. The second-order valence-corrected chi connectivity index (χ2v) is 12.5. The summed E-state index contributed by atoms with van der Waals surface area (Å²) in [5, 5.41) is 22.9. The number of carbonyl (C=O) groups excluding carboxylic acids is 1. The zero-order valence-corrected chi connectivity index (χ0v) is 26.2. The summed E-state index contributed by atoms with van der Waals surface area (Å²) in [5.41, 5.74) is 4.51. The van der Waals surface area contributed by atoms with Gasteiger partial charge in [-0.3, -0.25) is 14.2 Å². The summed E-state index contributed by atoms with van der Waals surface area (Å²) in [7, 11) is 1.88. The Hall–Kier alpha value is -4.94. The van der Waals surface area contributed by atoms with Crippen molar-refractivity contribution >= 4 is 38.2 Å². The number of aliphatic hydroxyl groups excluding tert-OH is 1. The number of carbonyl (C=O) groups is 1. The van der Waals surface area contributed by atoms with Crippen molar-refractivity contribution in [3.05, 3.63) is 84.0 Å². The number of pyridine rings is 1. The number of aliphatic hydroxyl groups is 1. The molecule has 1 aliphatic rings. The van der Waals surface area contributed by atoms with E-state index in [9.17, 15) is 14.3 Å². The maximum Gasteiger partial charge on any atom is 0.246 e. The van der Waals surface area contributed by atoms with Crippen LogP contribution in [0.15, 0.2) is 66.7 Å². The molecule has 0 aliphatic carbocycles. The minimum Gasteiger partial charge on any atom is -0.490 e. The molecule has 0 bridgehead atoms. The highest BCUT2D eigenvalue weighted by molar-refractivity contribution is 7.18. The van der Waals surface area contributed by atoms with E-state index < -0.39 is 17.7 Å². The van der Waals surface area contributed by atoms with Crippen LogP contribution in [-0.4, -0.2) is 59.7 Å². The molecule has 46 heavy (non-hydrogen) atoms. The number of halogens is 2. The molecular formula is C34H30F2N6O3S. The van der Waals surface area contributed by atoms with Gasteiger partial charge in [-0.1, -0.05) is 12.6 Å². The normalized spacial score (nSPS) is 15.3. The summed E-state index contributed by atoms with van der Waals surface area (Å²) >= 11 is 1.40. The molecule has 7 rings (SSSR count). The predicted molar refractivity (Wildman–Crippen MR) is 173 cm³/mol. The van der Waals surface area contributed by atoms with Crippen molar-refractivity contribution in [1.29, 1.82) is 0 Å². The maximum atomic E-state index is 16.0. The largest absolute Gasteiger partial charge is 0.490 e. The van der Waals surface area contributed by atoms with Crippen molar-refractivity contribution in [1.82, 2.24) is 29.4 Å². The molecule has 1 aliphatic heterocycles. The molecule has 1 N–H and O–H groups in total. The highest BCUT2D eigenvalue weighted by atomic mass is 32.1. The molecule has 0 unspecified atom stereocenters. The molecule has 0 radical (unpaired) electrons. The van der Waals surface area contributed by atoms with E-state index in [2.05, 4.69) is 11.7 Å². The Bertz CT molecular complexity index is 2170. The summed E-state index contributed by atoms with van der Waals surface area (Å²) in [6.45, 7) is 7.73. The molecular weight excluding hydrogens is 610 g/mol. The first-order valence-corrected chi connectivity index (χ1v) is 15.6. The van der Waals surface area contributed by atoms with Gasteiger partial charge in [0.2, 0.25) is 5.91 Å². The molecule has 234 valence electrons. The van der Waals surface area contributed by atoms with Crippen LogP contribution in [0.5, 0.6) is 5.75 Å². The van der Waals surface area contributed by atoms with Crippen molar-refractivity contribution in [3.8, 4) is 39.5 Å². The van der Waals surface area contributed by atoms with Crippen molar-refractivity contribution in [2.24, 2.45) is 7.05 Å². The van der Waals surface area contributed by atoms with Crippen LogP contribution in [0.4, 0.5) is 8.78 Å². The first kappa shape index (κ1) is 29.8. The van der Waals surface area contributed by atoms with Crippen LogP contribution in [0, 0.1) is 11.6 Å². The number of nitrogens with zero attached hydrogens (tertiary/aromatic N) is 6. The lowest BCUT2D eigenvalue weighted by molar-refractivity contribution is -0.127. The number of ether oxygens (including phenoxy) is 1. The molecule has 2 aromatic carbocycles. The third-order valence-electron chi connectivity index (χ3n) is 8.17. The lowest BCUT2D eigenvalue weighted by Gasteiger charge is -2.31. The zero-order chi connectivity index (χ0) is 32.3. The van der Waals surface area contributed by atoms with Crippen LogP contribution in [0.3, 0.4) is 0 Å². The second-order valence-electron chi connectivity index (χ2n) is 11.5. The Morgan fingerprint density at radius 2 is 2.02 bits per heavy atom. The number of rotatable bonds is 7. The Morgan fingerprint density at radius 3 is 2.80 bits per heavy atom. The van der Waals surface area contributed by atoms with Crippen LogP contribution < -0.4 is 4.74 Å². The average Bonchev–Trinajstić information content (AvgIpc) is 3.78. The topological polar surface area (TPSA) is 98.3 Å². The van der Waals surface area contributed by atoms with Gasteiger partial charge in [-0.05, 0) is 49.6 Å². The van der Waals surface area contributed by atoms with Crippen LogP contribution in [0.25, 0.3) is 54.8 Å². The van der Waals surface area contributed by atoms with Gasteiger partial charge in [0.05, 0.1) is 47.4 Å². The van der Waals surface area contributed by atoms with Crippen molar-refractivity contribution in [3.63, 3.8) is 0 Å². The Morgan fingerprint density at radius 1 is 1.20 bits per heavy atom. The van der Waals surface area contributed by atoms with Crippen molar-refractivity contribution < 1.29 is 23.4 Å². The van der Waals surface area contributed by atoms with Gasteiger partial charge in [0, 0.05) is 52.3 Å². The Labute approximate surface area is 267 Å². The van der Waals surface area contributed by atoms with Crippen molar-refractivity contribution in [2.45, 2.75) is 32.5 Å². The minimum atomic E-state index is -0.870. The number of amides is 1. The second kappa shape index (κ2) is 11.5. The Kier molecular flexibility index (Phi) is 7.41. The van der Waals surface area contributed by atoms with Crippen LogP contribution in [0.2, 0.25) is 0 Å². The van der Waals surface area contributed by atoms with Gasteiger partial charge in [-0.25, -0.2) is 13.8 Å². The van der Waals surface area contributed by atoms with E-state index in [1.165, 1.54) is 24.3 Å². The van der Waals surface area contributed by atoms with E-state index in [1.54, 1.807) is 15.8 Å². The lowest BCUT2D eigenvalue weighted by Crippen LogP contribution is -2.39. The van der Waals surface area contributed by atoms with E-state index in [0.29, 0.717) is 40.4 Å². The molecule has 1 amide bonds. The van der Waals surface area contributed by atoms with E-state index >= 15 is 4.39 Å². The first-order valence-electron chi connectivity index (χ1n) is 14.8. The quantitative estimate of drug-likeness (QED) is 0.200. The van der Waals surface area contributed by atoms with Gasteiger partial charge in [-0.2, -0.15) is 10.2 Å². The number of hydrogen-bond donors (Lipinski definition) is 1. The summed E-state index contributed by atoms with van der Waals surface area (Å²) in [4.78, 5) is 19.4. The monoisotopic (exact) mass is 640 g/mol. The molecule has 4 aromatic heterocycles. The van der Waals surface area contributed by atoms with Crippen LogP contribution >= 0.6 is 11.3 Å². The molecule has 2 atom stereocenters. The fourth-order valence-corrected chi connectivity index (χ4v) is 7.04. The SMILES string of the molecule is C=CC(=O)N1Cc2cc(-c3nc(-c4ccc5c(cnn5C)c4)c4ccsc4c3-c3c(F)cc(F)cc3OC[C@@H](C)O)nn2[C@@H](C)C1. The fraction of sp³-hybridized carbons (Fsp3) is 0.235. The molecule has 5 heterocycles. The molecule has 6 aromatic rings. The van der Waals surface area contributed by atoms with E-state index in [1.807, 2.05) is 54.4 Å². The summed E-state index contributed by atoms with van der Waals surface area (Å²) in [6, 6.07) is 11.5. The number of aromatic nitrogens is 5. The smallest absolute Gasteiger partial charge is 0.246 e. The van der Waals surface area contributed by atoms with Gasteiger partial charge in [0.15, 0.2) is 0 Å². The predicted octanol–water partition coefficient (Wildman–Crippen LogP) is 6.51. The summed E-state index contributed by atoms with van der Waals surface area (Å²) in [6.07, 6.45) is 2.21. The van der Waals surface area contributed by atoms with Crippen LogP contribution in [-0.2, 0) is 18.4 Å². The fourth-order valence-electron chi connectivity index (χ4n) is 6.09. The lowest BCUT2D eigenvalue weighted by atomic mass is 9.96. The number of aryl methyl sites for hydroxylation is 1.